The van der Waals surface area contributed by atoms with Gasteiger partial charge in [0.15, 0.2) is 5.78 Å². The Morgan fingerprint density at radius 3 is 2.28 bits per heavy atom. The molecular weight excluding hydrogens is 503 g/mol. The smallest absolute Gasteiger partial charge is 0.274 e. The molecule has 184 valence electrons. The van der Waals surface area contributed by atoms with Crippen LogP contribution < -0.4 is 4.74 Å². The Morgan fingerprint density at radius 1 is 1.00 bits per heavy atom. The second-order valence-electron chi connectivity index (χ2n) is 9.78. The molecule has 36 heavy (non-hydrogen) atoms. The average Bonchev–Trinajstić information content (AvgIpc) is 3.66. The minimum atomic E-state index is -0.723. The van der Waals surface area contributed by atoms with Gasteiger partial charge in [0.05, 0.1) is 29.5 Å². The van der Waals surface area contributed by atoms with Crippen LogP contribution in [0.3, 0.4) is 0 Å². The number of rotatable bonds is 6. The Kier molecular flexibility index (Phi) is 5.46. The fourth-order valence-corrected chi connectivity index (χ4v) is 6.73. The van der Waals surface area contributed by atoms with E-state index in [1.54, 1.807) is 24.3 Å². The largest absolute Gasteiger partial charge is 0.497 e. The van der Waals surface area contributed by atoms with Crippen molar-refractivity contribution >= 4 is 46.7 Å². The van der Waals surface area contributed by atoms with Gasteiger partial charge in [-0.25, -0.2) is 5.01 Å². The molecule has 2 aromatic carbocycles. The van der Waals surface area contributed by atoms with E-state index in [2.05, 4.69) is 12.2 Å². The van der Waals surface area contributed by atoms with Crippen LogP contribution >= 0.6 is 23.2 Å². The molecule has 1 heterocycles. The number of amides is 3. The summed E-state index contributed by atoms with van der Waals surface area (Å²) in [4.78, 5) is 54.5. The molecule has 1 aliphatic heterocycles. The lowest BCUT2D eigenvalue weighted by Crippen LogP contribution is -2.52. The number of benzene rings is 2. The van der Waals surface area contributed by atoms with Gasteiger partial charge in [-0.3, -0.25) is 19.2 Å². The number of allylic oxidation sites excluding steroid dienone is 2. The van der Waals surface area contributed by atoms with E-state index in [4.69, 9.17) is 27.9 Å². The molecule has 0 N–H and O–H groups in total. The molecule has 5 aliphatic rings. The Morgan fingerprint density at radius 2 is 1.67 bits per heavy atom. The molecule has 9 heteroatoms. The maximum atomic E-state index is 13.8. The van der Waals surface area contributed by atoms with E-state index in [1.165, 1.54) is 25.3 Å². The minimum Gasteiger partial charge on any atom is -0.497 e. The number of carbonyl (C=O) groups is 4. The molecule has 7 rings (SSSR count). The van der Waals surface area contributed by atoms with Gasteiger partial charge in [0, 0.05) is 10.6 Å². The van der Waals surface area contributed by atoms with Crippen LogP contribution in [0, 0.1) is 35.5 Å². The summed E-state index contributed by atoms with van der Waals surface area (Å²) >= 11 is 12.3. The van der Waals surface area contributed by atoms with E-state index in [1.807, 2.05) is 0 Å². The summed E-state index contributed by atoms with van der Waals surface area (Å²) in [6, 6.07) is 10.8. The highest BCUT2D eigenvalue weighted by Crippen LogP contribution is 2.65. The second-order valence-corrected chi connectivity index (χ2v) is 10.6. The van der Waals surface area contributed by atoms with Crippen molar-refractivity contribution in [2.75, 3.05) is 13.7 Å². The number of imide groups is 1. The highest BCUT2D eigenvalue weighted by molar-refractivity contribution is 6.36. The molecule has 1 saturated heterocycles. The number of ether oxygens (including phenoxy) is 1. The molecule has 7 nitrogen and oxygen atoms in total. The summed E-state index contributed by atoms with van der Waals surface area (Å²) in [6.45, 7) is -0.516. The number of hydrogen-bond acceptors (Lipinski definition) is 5. The summed E-state index contributed by atoms with van der Waals surface area (Å²) in [5.41, 5.74) is 0.327. The van der Waals surface area contributed by atoms with Crippen LogP contribution in [0.5, 0.6) is 5.75 Å². The van der Waals surface area contributed by atoms with Gasteiger partial charge in [-0.05, 0) is 60.4 Å². The normalized spacial score (nSPS) is 29.1. The highest BCUT2D eigenvalue weighted by atomic mass is 35.5. The zero-order valence-electron chi connectivity index (χ0n) is 19.3. The zero-order valence-corrected chi connectivity index (χ0v) is 20.8. The lowest BCUT2D eigenvalue weighted by molar-refractivity contribution is -0.154. The van der Waals surface area contributed by atoms with E-state index >= 15 is 0 Å². The van der Waals surface area contributed by atoms with E-state index in [0.29, 0.717) is 22.6 Å². The number of nitrogens with zero attached hydrogens (tertiary/aromatic N) is 2. The fourth-order valence-electron chi connectivity index (χ4n) is 6.24. The van der Waals surface area contributed by atoms with Gasteiger partial charge in [-0.2, -0.15) is 5.01 Å². The van der Waals surface area contributed by atoms with E-state index in [0.717, 1.165) is 16.4 Å². The summed E-state index contributed by atoms with van der Waals surface area (Å²) < 4.78 is 5.21. The summed E-state index contributed by atoms with van der Waals surface area (Å²) in [5, 5.41) is 2.24. The molecule has 0 radical (unpaired) electrons. The number of ketones is 1. The van der Waals surface area contributed by atoms with E-state index in [-0.39, 0.29) is 28.0 Å². The van der Waals surface area contributed by atoms with Crippen molar-refractivity contribution < 1.29 is 23.9 Å². The van der Waals surface area contributed by atoms with Crippen molar-refractivity contribution in [2.24, 2.45) is 35.5 Å². The van der Waals surface area contributed by atoms with Gasteiger partial charge < -0.3 is 4.74 Å². The predicted molar refractivity (Wildman–Crippen MR) is 131 cm³/mol. The molecule has 2 aromatic rings. The molecule has 3 amide bonds. The molecular formula is C27H22Cl2N2O5. The average molecular weight is 525 g/mol. The molecule has 2 bridgehead atoms. The molecule has 0 unspecified atom stereocenters. The summed E-state index contributed by atoms with van der Waals surface area (Å²) in [5.74, 6) is -1.83. The van der Waals surface area contributed by atoms with Gasteiger partial charge in [0.2, 0.25) is 0 Å². The summed E-state index contributed by atoms with van der Waals surface area (Å²) in [7, 11) is 1.48. The number of halogens is 2. The van der Waals surface area contributed by atoms with Crippen molar-refractivity contribution in [3.63, 3.8) is 0 Å². The summed E-state index contributed by atoms with van der Waals surface area (Å²) in [6.07, 6.45) is 5.13. The third kappa shape index (κ3) is 3.48. The molecule has 0 spiro atoms. The third-order valence-electron chi connectivity index (χ3n) is 7.96. The lowest BCUT2D eigenvalue weighted by atomic mass is 9.63. The SMILES string of the molecule is COc1cccc(C(=O)CN(C(=O)c2ccc(Cl)cc2Cl)N2C(=O)[C@@H]3[C@H]4C=C[C@@H]([C@@H]5C[C@@H]45)[C@H]3C2=O)c1. The second kappa shape index (κ2) is 8.46. The predicted octanol–water partition coefficient (Wildman–Crippen LogP) is 4.30. The number of carbonyl (C=O) groups excluding carboxylic acids is 4. The highest BCUT2D eigenvalue weighted by Gasteiger charge is 2.68. The van der Waals surface area contributed by atoms with Crippen LogP contribution in [-0.4, -0.2) is 47.2 Å². The van der Waals surface area contributed by atoms with Crippen molar-refractivity contribution in [3.8, 4) is 5.75 Å². The first-order chi connectivity index (χ1) is 17.3. The molecule has 2 saturated carbocycles. The molecule has 0 aromatic heterocycles. The van der Waals surface area contributed by atoms with Gasteiger partial charge in [-0.1, -0.05) is 47.5 Å². The van der Waals surface area contributed by atoms with Gasteiger partial charge in [-0.15, -0.1) is 0 Å². The minimum absolute atomic E-state index is 0.0170. The van der Waals surface area contributed by atoms with Crippen molar-refractivity contribution in [1.29, 1.82) is 0 Å². The van der Waals surface area contributed by atoms with Gasteiger partial charge >= 0.3 is 0 Å². The third-order valence-corrected chi connectivity index (χ3v) is 8.51. The molecule has 4 aliphatic carbocycles. The Labute approximate surface area is 217 Å². The number of hydrazine groups is 1. The first kappa shape index (κ1) is 23.3. The first-order valence-corrected chi connectivity index (χ1v) is 12.6. The van der Waals surface area contributed by atoms with E-state index < -0.39 is 41.9 Å². The monoisotopic (exact) mass is 524 g/mol. The maximum Gasteiger partial charge on any atom is 0.274 e. The van der Waals surface area contributed by atoms with Crippen molar-refractivity contribution in [1.82, 2.24) is 10.0 Å². The number of Topliss-reactive ketones (excluding diaryl/α,β-unsaturated/α-hetero) is 1. The first-order valence-electron chi connectivity index (χ1n) is 11.8. The van der Waals surface area contributed by atoms with Crippen LogP contribution in [0.25, 0.3) is 0 Å². The Balaban J connectivity index is 1.38. The van der Waals surface area contributed by atoms with Gasteiger partial charge in [0.1, 0.15) is 12.3 Å². The van der Waals surface area contributed by atoms with Crippen LogP contribution in [-0.2, 0) is 9.59 Å². The van der Waals surface area contributed by atoms with Crippen LogP contribution in [0.2, 0.25) is 10.0 Å². The number of methoxy groups -OCH3 is 1. The zero-order chi connectivity index (χ0) is 25.3. The van der Waals surface area contributed by atoms with Crippen LogP contribution in [0.15, 0.2) is 54.6 Å². The van der Waals surface area contributed by atoms with Crippen molar-refractivity contribution in [3.05, 3.63) is 75.8 Å². The molecule has 6 atom stereocenters. The fraction of sp³-hybridized carbons (Fsp3) is 0.333. The van der Waals surface area contributed by atoms with Crippen LogP contribution in [0.1, 0.15) is 27.1 Å². The standard InChI is InChI=1S/C27H22Cl2N2O5/c1-36-15-4-2-3-13(9-15)22(32)12-30(25(33)18-6-5-14(28)10-21(18)29)31-26(34)23-16-7-8-17(20-11-19(16)20)24(23)27(31)35/h2-10,16-17,19-20,23-24H,11-12H2,1H3/t16-,17-,19-,20-,23+,24+/m0/s1. The maximum absolute atomic E-state index is 13.8. The molecule has 3 fully saturated rings. The van der Waals surface area contributed by atoms with Crippen LogP contribution in [0.4, 0.5) is 0 Å². The van der Waals surface area contributed by atoms with Gasteiger partial charge in [0.25, 0.3) is 17.7 Å². The lowest BCUT2D eigenvalue weighted by Gasteiger charge is -2.37. The van der Waals surface area contributed by atoms with Crippen molar-refractivity contribution in [2.45, 2.75) is 6.42 Å². The Hall–Kier alpha value is -3.16. The number of hydrogen-bond donors (Lipinski definition) is 0. The quantitative estimate of drug-likeness (QED) is 0.319. The Bertz CT molecular complexity index is 1320. The topological polar surface area (TPSA) is 84.0 Å². The van der Waals surface area contributed by atoms with E-state index in [9.17, 15) is 19.2 Å².